The molecular formula is C9H11N3OS. The molecule has 4 nitrogen and oxygen atoms in total. The Balaban J connectivity index is 2.36. The summed E-state index contributed by atoms with van der Waals surface area (Å²) in [4.78, 5) is 4.34. The van der Waals surface area contributed by atoms with Crippen LogP contribution in [-0.2, 0) is 6.42 Å². The van der Waals surface area contributed by atoms with Gasteiger partial charge >= 0.3 is 0 Å². The fourth-order valence-electron chi connectivity index (χ4n) is 1.27. The number of nitrogens with zero attached hydrogens (tertiary/aromatic N) is 2. The van der Waals surface area contributed by atoms with Gasteiger partial charge in [-0.25, -0.2) is 4.98 Å². The van der Waals surface area contributed by atoms with Gasteiger partial charge in [-0.05, 0) is 19.9 Å². The van der Waals surface area contributed by atoms with Crippen molar-refractivity contribution in [2.75, 3.05) is 6.54 Å². The molecule has 0 radical (unpaired) electrons. The van der Waals surface area contributed by atoms with Crippen LogP contribution in [0.25, 0.3) is 11.5 Å². The van der Waals surface area contributed by atoms with Crippen molar-refractivity contribution in [2.45, 2.75) is 13.3 Å². The van der Waals surface area contributed by atoms with Gasteiger partial charge in [0.15, 0.2) is 5.76 Å². The van der Waals surface area contributed by atoms with Gasteiger partial charge in [0.25, 0.3) is 0 Å². The monoisotopic (exact) mass is 209 g/mol. The van der Waals surface area contributed by atoms with E-state index >= 15 is 0 Å². The molecule has 0 unspecified atom stereocenters. The Hall–Kier alpha value is -1.20. The highest BCUT2D eigenvalue weighted by atomic mass is 32.1. The third kappa shape index (κ3) is 1.69. The molecule has 0 spiro atoms. The van der Waals surface area contributed by atoms with E-state index in [-0.39, 0.29) is 0 Å². The molecule has 0 saturated carbocycles. The lowest BCUT2D eigenvalue weighted by Crippen LogP contribution is -2.02. The number of aromatic nitrogens is 2. The molecule has 0 atom stereocenters. The summed E-state index contributed by atoms with van der Waals surface area (Å²) in [5.41, 5.74) is 7.37. The Morgan fingerprint density at radius 1 is 1.57 bits per heavy atom. The van der Waals surface area contributed by atoms with Crippen LogP contribution in [0.4, 0.5) is 0 Å². The number of hydrogen-bond donors (Lipinski definition) is 1. The second-order valence-electron chi connectivity index (χ2n) is 2.97. The molecule has 0 amide bonds. The molecule has 74 valence electrons. The average molecular weight is 209 g/mol. The summed E-state index contributed by atoms with van der Waals surface area (Å²) >= 11 is 1.60. The van der Waals surface area contributed by atoms with Crippen LogP contribution >= 0.6 is 11.3 Å². The predicted molar refractivity (Wildman–Crippen MR) is 55.1 cm³/mol. The molecule has 0 aliphatic carbocycles. The number of nitrogens with two attached hydrogens (primary N) is 1. The number of rotatable bonds is 3. The lowest BCUT2D eigenvalue weighted by atomic mass is 10.1. The lowest BCUT2D eigenvalue weighted by molar-refractivity contribution is 0.430. The first-order valence-corrected chi connectivity index (χ1v) is 5.25. The summed E-state index contributed by atoms with van der Waals surface area (Å²) < 4.78 is 5.16. The molecule has 0 bridgehead atoms. The van der Waals surface area contributed by atoms with Crippen LogP contribution < -0.4 is 5.73 Å². The maximum atomic E-state index is 5.48. The summed E-state index contributed by atoms with van der Waals surface area (Å²) in [6.07, 6.45) is 2.48. The molecule has 2 heterocycles. The van der Waals surface area contributed by atoms with E-state index in [4.69, 9.17) is 10.3 Å². The number of aryl methyl sites for hydroxylation is 1. The quantitative estimate of drug-likeness (QED) is 0.834. The minimum atomic E-state index is 0.595. The third-order valence-corrected chi connectivity index (χ3v) is 2.68. The van der Waals surface area contributed by atoms with Gasteiger partial charge < -0.3 is 10.3 Å². The Morgan fingerprint density at radius 3 is 3.07 bits per heavy atom. The van der Waals surface area contributed by atoms with E-state index in [0.717, 1.165) is 28.4 Å². The zero-order valence-electron chi connectivity index (χ0n) is 7.86. The first-order chi connectivity index (χ1) is 6.81. The van der Waals surface area contributed by atoms with E-state index in [0.29, 0.717) is 6.54 Å². The van der Waals surface area contributed by atoms with Gasteiger partial charge in [-0.2, -0.15) is 0 Å². The normalized spacial score (nSPS) is 10.7. The van der Waals surface area contributed by atoms with E-state index < -0.39 is 0 Å². The van der Waals surface area contributed by atoms with Crippen LogP contribution in [0.1, 0.15) is 10.6 Å². The summed E-state index contributed by atoms with van der Waals surface area (Å²) in [6.45, 7) is 2.56. The van der Waals surface area contributed by atoms with Gasteiger partial charge in [0.1, 0.15) is 5.69 Å². The Kier molecular flexibility index (Phi) is 2.60. The van der Waals surface area contributed by atoms with Gasteiger partial charge in [-0.1, -0.05) is 5.16 Å². The molecule has 2 rings (SSSR count). The van der Waals surface area contributed by atoms with Crippen molar-refractivity contribution in [1.82, 2.24) is 10.1 Å². The van der Waals surface area contributed by atoms with Crippen molar-refractivity contribution in [3.05, 3.63) is 22.1 Å². The molecule has 0 saturated heterocycles. The largest absolute Gasteiger partial charge is 0.354 e. The van der Waals surface area contributed by atoms with Gasteiger partial charge in [0.05, 0.1) is 11.2 Å². The molecule has 5 heteroatoms. The van der Waals surface area contributed by atoms with Gasteiger partial charge in [0.2, 0.25) is 0 Å². The highest BCUT2D eigenvalue weighted by molar-refractivity contribution is 7.09. The SMILES string of the molecule is Cc1nc(-c2oncc2CCN)cs1. The molecular weight excluding hydrogens is 198 g/mol. The Bertz CT molecular complexity index is 421. The molecule has 0 aromatic carbocycles. The van der Waals surface area contributed by atoms with E-state index in [1.165, 1.54) is 0 Å². The number of thiazole rings is 1. The zero-order chi connectivity index (χ0) is 9.97. The van der Waals surface area contributed by atoms with Crippen molar-refractivity contribution in [1.29, 1.82) is 0 Å². The van der Waals surface area contributed by atoms with Gasteiger partial charge in [-0.15, -0.1) is 11.3 Å². The molecule has 2 aromatic rings. The predicted octanol–water partition coefficient (Wildman–Crippen LogP) is 1.61. The van der Waals surface area contributed by atoms with Crippen molar-refractivity contribution in [3.8, 4) is 11.5 Å². The second-order valence-corrected chi connectivity index (χ2v) is 4.03. The van der Waals surface area contributed by atoms with Crippen LogP contribution in [0.15, 0.2) is 16.1 Å². The Labute approximate surface area is 85.7 Å². The first-order valence-electron chi connectivity index (χ1n) is 4.37. The maximum Gasteiger partial charge on any atom is 0.189 e. The summed E-state index contributed by atoms with van der Waals surface area (Å²) in [7, 11) is 0. The second kappa shape index (κ2) is 3.89. The summed E-state index contributed by atoms with van der Waals surface area (Å²) in [6, 6.07) is 0. The average Bonchev–Trinajstić information content (AvgIpc) is 2.74. The standard InChI is InChI=1S/C9H11N3OS/c1-6-12-8(5-14-6)9-7(2-3-10)4-11-13-9/h4-5H,2-3,10H2,1H3. The van der Waals surface area contributed by atoms with Crippen molar-refractivity contribution < 1.29 is 4.52 Å². The third-order valence-electron chi connectivity index (χ3n) is 1.91. The van der Waals surface area contributed by atoms with E-state index in [9.17, 15) is 0 Å². The molecule has 2 N–H and O–H groups in total. The number of hydrogen-bond acceptors (Lipinski definition) is 5. The molecule has 14 heavy (non-hydrogen) atoms. The van der Waals surface area contributed by atoms with Crippen LogP contribution in [0.3, 0.4) is 0 Å². The fraction of sp³-hybridized carbons (Fsp3) is 0.333. The zero-order valence-corrected chi connectivity index (χ0v) is 8.67. The van der Waals surface area contributed by atoms with Crippen molar-refractivity contribution in [2.24, 2.45) is 5.73 Å². The van der Waals surface area contributed by atoms with Gasteiger partial charge in [0, 0.05) is 10.9 Å². The van der Waals surface area contributed by atoms with Crippen molar-refractivity contribution >= 4 is 11.3 Å². The summed E-state index contributed by atoms with van der Waals surface area (Å²) in [5.74, 6) is 0.750. The van der Waals surface area contributed by atoms with Crippen LogP contribution in [-0.4, -0.2) is 16.7 Å². The van der Waals surface area contributed by atoms with E-state index in [2.05, 4.69) is 10.1 Å². The van der Waals surface area contributed by atoms with E-state index in [1.807, 2.05) is 12.3 Å². The molecule has 0 aliphatic heterocycles. The Morgan fingerprint density at radius 2 is 2.43 bits per heavy atom. The van der Waals surface area contributed by atoms with E-state index in [1.54, 1.807) is 17.5 Å². The smallest absolute Gasteiger partial charge is 0.189 e. The minimum absolute atomic E-state index is 0.595. The fourth-order valence-corrected chi connectivity index (χ4v) is 1.87. The highest BCUT2D eigenvalue weighted by Gasteiger charge is 2.12. The van der Waals surface area contributed by atoms with Crippen molar-refractivity contribution in [3.63, 3.8) is 0 Å². The topological polar surface area (TPSA) is 64.9 Å². The van der Waals surface area contributed by atoms with Crippen LogP contribution in [0, 0.1) is 6.92 Å². The lowest BCUT2D eigenvalue weighted by Gasteiger charge is -1.94. The van der Waals surface area contributed by atoms with Crippen LogP contribution in [0.2, 0.25) is 0 Å². The highest BCUT2D eigenvalue weighted by Crippen LogP contribution is 2.24. The molecule has 0 aliphatic rings. The van der Waals surface area contributed by atoms with Crippen LogP contribution in [0.5, 0.6) is 0 Å². The maximum absolute atomic E-state index is 5.48. The first kappa shape index (κ1) is 9.36. The molecule has 2 aromatic heterocycles. The summed E-state index contributed by atoms with van der Waals surface area (Å²) in [5, 5.41) is 6.75. The minimum Gasteiger partial charge on any atom is -0.354 e. The molecule has 0 fully saturated rings. The van der Waals surface area contributed by atoms with Gasteiger partial charge in [-0.3, -0.25) is 0 Å².